The van der Waals surface area contributed by atoms with Gasteiger partial charge < -0.3 is 9.97 Å². The predicted octanol–water partition coefficient (Wildman–Crippen LogP) is 4.47. The third-order valence-corrected chi connectivity index (χ3v) is 4.09. The molecule has 2 aromatic heterocycles. The Bertz CT molecular complexity index is 1070. The van der Waals surface area contributed by atoms with E-state index >= 15 is 0 Å². The quantitative estimate of drug-likeness (QED) is 0.535. The fraction of sp³-hybridized carbons (Fsp3) is 0. The largest absolute Gasteiger partial charge is 0.353 e. The smallest absolute Gasteiger partial charge is 0.267 e. The first-order valence-corrected chi connectivity index (χ1v) is 7.11. The van der Waals surface area contributed by atoms with Crippen LogP contribution in [0.3, 0.4) is 0 Å². The van der Waals surface area contributed by atoms with Crippen molar-refractivity contribution in [2.24, 2.45) is 0 Å². The van der Waals surface area contributed by atoms with Crippen molar-refractivity contribution in [2.75, 3.05) is 0 Å². The molecule has 0 amide bonds. The van der Waals surface area contributed by atoms with Crippen LogP contribution in [0.2, 0.25) is 5.02 Å². The first-order valence-electron chi connectivity index (χ1n) is 6.73. The number of pyridine rings is 1. The summed E-state index contributed by atoms with van der Waals surface area (Å²) in [5.41, 5.74) is 3.05. The summed E-state index contributed by atoms with van der Waals surface area (Å²) in [6.45, 7) is 0. The van der Waals surface area contributed by atoms with Gasteiger partial charge in [-0.15, -0.1) is 0 Å². The van der Waals surface area contributed by atoms with Crippen molar-refractivity contribution in [1.82, 2.24) is 9.97 Å². The molecule has 0 saturated heterocycles. The number of H-pyrrole nitrogens is 2. The van der Waals surface area contributed by atoms with Gasteiger partial charge in [-0.3, -0.25) is 4.79 Å². The molecule has 108 valence electrons. The fourth-order valence-electron chi connectivity index (χ4n) is 2.75. The number of benzene rings is 2. The number of aromatic amines is 2. The lowest BCUT2D eigenvalue weighted by Gasteiger charge is -2.05. The molecular formula is C17H10ClFN2O. The van der Waals surface area contributed by atoms with Crippen LogP contribution in [0.5, 0.6) is 0 Å². The lowest BCUT2D eigenvalue weighted by atomic mass is 10.1. The summed E-state index contributed by atoms with van der Waals surface area (Å²) in [5.74, 6) is -0.356. The molecule has 0 unspecified atom stereocenters. The maximum atomic E-state index is 13.5. The van der Waals surface area contributed by atoms with Gasteiger partial charge >= 0.3 is 0 Å². The second-order valence-electron chi connectivity index (χ2n) is 5.07. The number of hydrogen-bond acceptors (Lipinski definition) is 1. The van der Waals surface area contributed by atoms with Gasteiger partial charge in [0, 0.05) is 16.5 Å². The van der Waals surface area contributed by atoms with Crippen LogP contribution in [0.4, 0.5) is 4.39 Å². The molecule has 0 bridgehead atoms. The van der Waals surface area contributed by atoms with Crippen molar-refractivity contribution in [3.05, 3.63) is 69.7 Å². The normalized spacial score (nSPS) is 11.4. The molecule has 3 nitrogen and oxygen atoms in total. The van der Waals surface area contributed by atoms with Crippen molar-refractivity contribution in [2.45, 2.75) is 0 Å². The highest BCUT2D eigenvalue weighted by molar-refractivity contribution is 6.35. The molecule has 5 heteroatoms. The standard InChI is InChI=1S/C17H10ClFN2O/c18-14-13(9-4-2-1-3-5-9)16-15(21-17(14)22)11-8-10(19)6-7-12(11)20-16/h1-8,20H,(H,21,22). The molecule has 2 N–H and O–H groups in total. The molecule has 0 spiro atoms. The molecule has 0 aliphatic heterocycles. The third kappa shape index (κ3) is 1.84. The Kier molecular flexibility index (Phi) is 2.81. The number of nitrogens with one attached hydrogen (secondary N) is 2. The van der Waals surface area contributed by atoms with E-state index < -0.39 is 5.56 Å². The van der Waals surface area contributed by atoms with Crippen molar-refractivity contribution in [1.29, 1.82) is 0 Å². The van der Waals surface area contributed by atoms with Gasteiger partial charge in [0.25, 0.3) is 5.56 Å². The fourth-order valence-corrected chi connectivity index (χ4v) is 3.00. The van der Waals surface area contributed by atoms with Crippen LogP contribution in [0.15, 0.2) is 53.3 Å². The molecule has 4 rings (SSSR count). The van der Waals surface area contributed by atoms with Gasteiger partial charge in [0.1, 0.15) is 10.8 Å². The lowest BCUT2D eigenvalue weighted by molar-refractivity contribution is 0.630. The van der Waals surface area contributed by atoms with Crippen LogP contribution in [0, 0.1) is 5.82 Å². The number of hydrogen-bond donors (Lipinski definition) is 2. The van der Waals surface area contributed by atoms with E-state index in [0.717, 1.165) is 11.1 Å². The zero-order valence-corrected chi connectivity index (χ0v) is 12.0. The van der Waals surface area contributed by atoms with Crippen LogP contribution in [-0.4, -0.2) is 9.97 Å². The summed E-state index contributed by atoms with van der Waals surface area (Å²) >= 11 is 6.23. The van der Waals surface area contributed by atoms with Crippen LogP contribution in [0.25, 0.3) is 33.1 Å². The van der Waals surface area contributed by atoms with Crippen LogP contribution < -0.4 is 5.56 Å². The van der Waals surface area contributed by atoms with E-state index in [0.29, 0.717) is 22.0 Å². The van der Waals surface area contributed by atoms with E-state index in [9.17, 15) is 9.18 Å². The van der Waals surface area contributed by atoms with Crippen molar-refractivity contribution >= 4 is 33.5 Å². The molecule has 0 radical (unpaired) electrons. The first-order chi connectivity index (χ1) is 10.6. The van der Waals surface area contributed by atoms with E-state index in [4.69, 9.17) is 11.6 Å². The molecular weight excluding hydrogens is 303 g/mol. The number of aromatic nitrogens is 2. The molecule has 0 aliphatic carbocycles. The van der Waals surface area contributed by atoms with Crippen LogP contribution in [0.1, 0.15) is 0 Å². The van der Waals surface area contributed by atoms with E-state index in [1.54, 1.807) is 6.07 Å². The summed E-state index contributed by atoms with van der Waals surface area (Å²) in [5, 5.41) is 0.742. The molecule has 22 heavy (non-hydrogen) atoms. The molecule has 2 aromatic carbocycles. The van der Waals surface area contributed by atoms with Gasteiger partial charge in [-0.05, 0) is 23.8 Å². The van der Waals surface area contributed by atoms with E-state index in [1.165, 1.54) is 12.1 Å². The number of fused-ring (bicyclic) bond motifs is 3. The summed E-state index contributed by atoms with van der Waals surface area (Å²) < 4.78 is 13.5. The van der Waals surface area contributed by atoms with Gasteiger partial charge in [0.2, 0.25) is 0 Å². The van der Waals surface area contributed by atoms with Gasteiger partial charge in [0.15, 0.2) is 0 Å². The maximum Gasteiger partial charge on any atom is 0.267 e. The summed E-state index contributed by atoms with van der Waals surface area (Å²) in [6.07, 6.45) is 0. The minimum atomic E-state index is -0.391. The molecule has 4 aromatic rings. The second-order valence-corrected chi connectivity index (χ2v) is 5.45. The third-order valence-electron chi connectivity index (χ3n) is 3.73. The topological polar surface area (TPSA) is 48.6 Å². The molecule has 0 aliphatic rings. The van der Waals surface area contributed by atoms with E-state index in [-0.39, 0.29) is 10.8 Å². The van der Waals surface area contributed by atoms with Crippen LogP contribution in [-0.2, 0) is 0 Å². The van der Waals surface area contributed by atoms with Gasteiger partial charge in [-0.25, -0.2) is 4.39 Å². The predicted molar refractivity (Wildman–Crippen MR) is 86.8 cm³/mol. The molecule has 0 atom stereocenters. The first kappa shape index (κ1) is 13.1. The average Bonchev–Trinajstić information content (AvgIpc) is 2.87. The Morgan fingerprint density at radius 1 is 0.955 bits per heavy atom. The maximum absolute atomic E-state index is 13.5. The minimum absolute atomic E-state index is 0.116. The van der Waals surface area contributed by atoms with Crippen molar-refractivity contribution < 1.29 is 4.39 Å². The molecule has 0 fully saturated rings. The summed E-state index contributed by atoms with van der Waals surface area (Å²) in [6, 6.07) is 13.8. The molecule has 0 saturated carbocycles. The Morgan fingerprint density at radius 3 is 2.50 bits per heavy atom. The number of rotatable bonds is 1. The SMILES string of the molecule is O=c1[nH]c2c([nH]c3ccc(F)cc32)c(-c2ccccc2)c1Cl. The highest BCUT2D eigenvalue weighted by Gasteiger charge is 2.16. The highest BCUT2D eigenvalue weighted by atomic mass is 35.5. The summed E-state index contributed by atoms with van der Waals surface area (Å²) in [7, 11) is 0. The van der Waals surface area contributed by atoms with Crippen molar-refractivity contribution in [3.8, 4) is 11.1 Å². The zero-order valence-electron chi connectivity index (χ0n) is 11.3. The average molecular weight is 313 g/mol. The lowest BCUT2D eigenvalue weighted by Crippen LogP contribution is -2.07. The Labute approximate surface area is 129 Å². The zero-order chi connectivity index (χ0) is 15.3. The minimum Gasteiger partial charge on any atom is -0.353 e. The molecule has 2 heterocycles. The van der Waals surface area contributed by atoms with Gasteiger partial charge in [0.05, 0.1) is 11.0 Å². The Balaban J connectivity index is 2.22. The van der Waals surface area contributed by atoms with Crippen molar-refractivity contribution in [3.63, 3.8) is 0 Å². The monoisotopic (exact) mass is 312 g/mol. The van der Waals surface area contributed by atoms with Gasteiger partial charge in [-0.1, -0.05) is 41.9 Å². The van der Waals surface area contributed by atoms with Gasteiger partial charge in [-0.2, -0.15) is 0 Å². The Hall–Kier alpha value is -2.59. The summed E-state index contributed by atoms with van der Waals surface area (Å²) in [4.78, 5) is 18.1. The number of halogens is 2. The van der Waals surface area contributed by atoms with Crippen LogP contribution >= 0.6 is 11.6 Å². The van der Waals surface area contributed by atoms with E-state index in [1.807, 2.05) is 30.3 Å². The second kappa shape index (κ2) is 4.71. The van der Waals surface area contributed by atoms with E-state index in [2.05, 4.69) is 9.97 Å². The highest BCUT2D eigenvalue weighted by Crippen LogP contribution is 2.34. The Morgan fingerprint density at radius 2 is 1.73 bits per heavy atom.